The topological polar surface area (TPSA) is 49.4 Å². The van der Waals surface area contributed by atoms with E-state index in [1.165, 1.54) is 5.56 Å². The lowest BCUT2D eigenvalue weighted by Gasteiger charge is -2.34. The predicted octanol–water partition coefficient (Wildman–Crippen LogP) is 3.45. The molecule has 1 saturated heterocycles. The van der Waals surface area contributed by atoms with E-state index in [4.69, 9.17) is 0 Å². The Morgan fingerprint density at radius 1 is 1.04 bits per heavy atom. The van der Waals surface area contributed by atoms with E-state index in [1.54, 1.807) is 4.90 Å². The Hall–Kier alpha value is -2.62. The zero-order valence-corrected chi connectivity index (χ0v) is 15.5. The highest BCUT2D eigenvalue weighted by atomic mass is 16.2. The van der Waals surface area contributed by atoms with E-state index in [2.05, 4.69) is 24.4 Å². The van der Waals surface area contributed by atoms with E-state index in [1.807, 2.05) is 49.4 Å². The second-order valence-electron chi connectivity index (χ2n) is 7.09. The molecular formula is C22H26N2O2. The van der Waals surface area contributed by atoms with Gasteiger partial charge < -0.3 is 10.2 Å². The lowest BCUT2D eigenvalue weighted by molar-refractivity contribution is -0.141. The Morgan fingerprint density at radius 3 is 2.35 bits per heavy atom. The second-order valence-corrected chi connectivity index (χ2v) is 7.09. The summed E-state index contributed by atoms with van der Waals surface area (Å²) in [6, 6.07) is 18.1. The maximum atomic E-state index is 12.9. The van der Waals surface area contributed by atoms with Gasteiger partial charge in [0.05, 0.1) is 0 Å². The number of carbonyl (C=O) groups excluding carboxylic acids is 2. The third kappa shape index (κ3) is 3.79. The smallest absolute Gasteiger partial charge is 0.245 e. The molecule has 4 nitrogen and oxygen atoms in total. The lowest BCUT2D eigenvalue weighted by atomic mass is 9.96. The van der Waals surface area contributed by atoms with Crippen molar-refractivity contribution in [1.82, 2.24) is 10.2 Å². The number of benzene rings is 2. The van der Waals surface area contributed by atoms with Crippen LogP contribution < -0.4 is 5.32 Å². The summed E-state index contributed by atoms with van der Waals surface area (Å²) in [6.07, 6.45) is 1.96. The van der Waals surface area contributed by atoms with Crippen molar-refractivity contribution >= 4 is 11.8 Å². The van der Waals surface area contributed by atoms with Gasteiger partial charge in [-0.1, -0.05) is 61.5 Å². The Bertz CT molecular complexity index is 770. The van der Waals surface area contributed by atoms with Crippen LogP contribution in [0.25, 0.3) is 0 Å². The molecule has 2 aromatic carbocycles. The van der Waals surface area contributed by atoms with Gasteiger partial charge in [-0.2, -0.15) is 0 Å². The molecule has 1 N–H and O–H groups in total. The number of hydrogen-bond acceptors (Lipinski definition) is 2. The maximum absolute atomic E-state index is 12.9. The minimum Gasteiger partial charge on any atom is -0.350 e. The lowest BCUT2D eigenvalue weighted by Crippen LogP contribution is -2.53. The minimum atomic E-state index is -0.796. The van der Waals surface area contributed by atoms with E-state index in [0.717, 1.165) is 17.5 Å². The quantitative estimate of drug-likeness (QED) is 0.867. The van der Waals surface area contributed by atoms with Gasteiger partial charge in [-0.05, 0) is 36.5 Å². The van der Waals surface area contributed by atoms with Crippen molar-refractivity contribution < 1.29 is 9.59 Å². The fourth-order valence-electron chi connectivity index (χ4n) is 3.43. The number of aryl methyl sites for hydroxylation is 1. The first-order valence-corrected chi connectivity index (χ1v) is 9.23. The van der Waals surface area contributed by atoms with Gasteiger partial charge in [-0.15, -0.1) is 0 Å². The predicted molar refractivity (Wildman–Crippen MR) is 102 cm³/mol. The first kappa shape index (κ1) is 18.2. The van der Waals surface area contributed by atoms with Crippen LogP contribution in [0.2, 0.25) is 0 Å². The van der Waals surface area contributed by atoms with Gasteiger partial charge >= 0.3 is 0 Å². The molecule has 0 aliphatic carbocycles. The second kappa shape index (κ2) is 7.73. The Labute approximate surface area is 155 Å². The molecule has 0 bridgehead atoms. The number of amides is 2. The molecule has 1 fully saturated rings. The summed E-state index contributed by atoms with van der Waals surface area (Å²) in [5, 5.41) is 3.00. The fraction of sp³-hybridized carbons (Fsp3) is 0.364. The van der Waals surface area contributed by atoms with E-state index in [9.17, 15) is 9.59 Å². The molecule has 1 heterocycles. The van der Waals surface area contributed by atoms with E-state index < -0.39 is 5.54 Å². The number of rotatable bonds is 6. The van der Waals surface area contributed by atoms with Crippen molar-refractivity contribution in [1.29, 1.82) is 0 Å². The van der Waals surface area contributed by atoms with Gasteiger partial charge in [0.15, 0.2) is 0 Å². The van der Waals surface area contributed by atoms with Gasteiger partial charge in [0.2, 0.25) is 11.8 Å². The average Bonchev–Trinajstić information content (AvgIpc) is 2.97. The SMILES string of the molecule is CCc1ccc(CN2C(=O)CC[C@]2(C)C(=O)NCc2ccccc2)cc1. The van der Waals surface area contributed by atoms with Gasteiger partial charge in [-0.3, -0.25) is 9.59 Å². The van der Waals surface area contributed by atoms with Crippen LogP contribution in [-0.4, -0.2) is 22.3 Å². The first-order chi connectivity index (χ1) is 12.5. The Kier molecular flexibility index (Phi) is 5.40. The average molecular weight is 350 g/mol. The highest BCUT2D eigenvalue weighted by Gasteiger charge is 2.46. The number of hydrogen-bond donors (Lipinski definition) is 1. The Morgan fingerprint density at radius 2 is 1.69 bits per heavy atom. The van der Waals surface area contributed by atoms with Gasteiger partial charge in [0.25, 0.3) is 0 Å². The van der Waals surface area contributed by atoms with Crippen molar-refractivity contribution in [2.45, 2.75) is 51.7 Å². The van der Waals surface area contributed by atoms with Crippen molar-refractivity contribution in [2.75, 3.05) is 0 Å². The van der Waals surface area contributed by atoms with Crippen LogP contribution in [0.4, 0.5) is 0 Å². The van der Waals surface area contributed by atoms with E-state index in [-0.39, 0.29) is 11.8 Å². The molecule has 0 radical (unpaired) electrons. The molecular weight excluding hydrogens is 324 g/mol. The third-order valence-electron chi connectivity index (χ3n) is 5.28. The van der Waals surface area contributed by atoms with Gasteiger partial charge in [-0.25, -0.2) is 0 Å². The van der Waals surface area contributed by atoms with Crippen LogP contribution >= 0.6 is 0 Å². The summed E-state index contributed by atoms with van der Waals surface area (Å²) < 4.78 is 0. The van der Waals surface area contributed by atoms with Crippen LogP contribution in [0.1, 0.15) is 43.4 Å². The summed E-state index contributed by atoms with van der Waals surface area (Å²) in [6.45, 7) is 4.94. The molecule has 2 amide bonds. The maximum Gasteiger partial charge on any atom is 0.245 e. The number of nitrogens with one attached hydrogen (secondary N) is 1. The molecule has 3 rings (SSSR count). The summed E-state index contributed by atoms with van der Waals surface area (Å²) in [5.41, 5.74) is 2.58. The zero-order chi connectivity index (χ0) is 18.6. The summed E-state index contributed by atoms with van der Waals surface area (Å²) >= 11 is 0. The van der Waals surface area contributed by atoms with Crippen molar-refractivity contribution in [3.63, 3.8) is 0 Å². The number of carbonyl (C=O) groups is 2. The zero-order valence-electron chi connectivity index (χ0n) is 15.5. The van der Waals surface area contributed by atoms with Crippen LogP contribution in [0.5, 0.6) is 0 Å². The highest BCUT2D eigenvalue weighted by molar-refractivity contribution is 5.94. The van der Waals surface area contributed by atoms with E-state index in [0.29, 0.717) is 25.9 Å². The normalized spacial score (nSPS) is 19.6. The summed E-state index contributed by atoms with van der Waals surface area (Å²) in [5.74, 6) is -0.0423. The molecule has 0 unspecified atom stereocenters. The molecule has 0 spiro atoms. The summed E-state index contributed by atoms with van der Waals surface area (Å²) in [7, 11) is 0. The molecule has 1 atom stereocenters. The van der Waals surface area contributed by atoms with Gasteiger partial charge in [0.1, 0.15) is 5.54 Å². The molecule has 26 heavy (non-hydrogen) atoms. The molecule has 0 saturated carbocycles. The Balaban J connectivity index is 1.70. The van der Waals surface area contributed by atoms with E-state index >= 15 is 0 Å². The molecule has 136 valence electrons. The molecule has 2 aromatic rings. The largest absolute Gasteiger partial charge is 0.350 e. The summed E-state index contributed by atoms with van der Waals surface area (Å²) in [4.78, 5) is 27.1. The first-order valence-electron chi connectivity index (χ1n) is 9.23. The molecule has 4 heteroatoms. The highest BCUT2D eigenvalue weighted by Crippen LogP contribution is 2.32. The number of likely N-dealkylation sites (tertiary alicyclic amines) is 1. The van der Waals surface area contributed by atoms with Crippen LogP contribution in [0.3, 0.4) is 0 Å². The van der Waals surface area contributed by atoms with Crippen molar-refractivity contribution in [3.05, 3.63) is 71.3 Å². The monoisotopic (exact) mass is 350 g/mol. The van der Waals surface area contributed by atoms with Crippen molar-refractivity contribution in [2.24, 2.45) is 0 Å². The fourth-order valence-corrected chi connectivity index (χ4v) is 3.43. The van der Waals surface area contributed by atoms with Crippen LogP contribution in [0.15, 0.2) is 54.6 Å². The van der Waals surface area contributed by atoms with Crippen molar-refractivity contribution in [3.8, 4) is 0 Å². The van der Waals surface area contributed by atoms with Crippen LogP contribution in [0, 0.1) is 0 Å². The minimum absolute atomic E-state index is 0.0435. The number of nitrogens with zero attached hydrogens (tertiary/aromatic N) is 1. The standard InChI is InChI=1S/C22H26N2O2/c1-3-17-9-11-19(12-10-17)16-24-20(25)13-14-22(24,2)21(26)23-15-18-7-5-4-6-8-18/h4-12H,3,13-16H2,1-2H3,(H,23,26)/t22-/m1/s1. The van der Waals surface area contributed by atoms with Crippen LogP contribution in [-0.2, 0) is 29.1 Å². The van der Waals surface area contributed by atoms with Gasteiger partial charge in [0, 0.05) is 19.5 Å². The molecule has 1 aliphatic rings. The molecule has 0 aromatic heterocycles. The third-order valence-corrected chi connectivity index (χ3v) is 5.28. The molecule has 1 aliphatic heterocycles.